The third-order valence-corrected chi connectivity index (χ3v) is 9.84. The topological polar surface area (TPSA) is 0 Å². The Labute approximate surface area is 282 Å². The fourth-order valence-electron chi connectivity index (χ4n) is 7.65. The Morgan fingerprint density at radius 3 is 1.48 bits per heavy atom. The van der Waals surface area contributed by atoms with Crippen LogP contribution in [0.5, 0.6) is 0 Å². The lowest BCUT2D eigenvalue weighted by atomic mass is 9.79. The van der Waals surface area contributed by atoms with Crippen molar-refractivity contribution in [2.24, 2.45) is 0 Å². The molecule has 0 heteroatoms. The van der Waals surface area contributed by atoms with Gasteiger partial charge in [0.05, 0.1) is 0 Å². The van der Waals surface area contributed by atoms with Crippen molar-refractivity contribution in [1.82, 2.24) is 0 Å². The summed E-state index contributed by atoms with van der Waals surface area (Å²) in [5, 5.41) is 7.60. The number of hydrogen-bond donors (Lipinski definition) is 0. The standard InChI is InChI=1S/C48H34/c1-5-17-33(18-6-1)39-31-42(34-19-7-2-8-20-34)48(43(32-39)35-21-9-3-10-22-35)47-41-28-16-14-26-38(41)29-44-45(47)30-37-25-13-15-27-40(37)46(44)36-23-11-4-12-24-36/h1-2,4-9,11-32H,3,10H2. The summed E-state index contributed by atoms with van der Waals surface area (Å²) >= 11 is 0. The zero-order valence-corrected chi connectivity index (χ0v) is 26.7. The van der Waals surface area contributed by atoms with E-state index in [0.717, 1.165) is 12.8 Å². The third kappa shape index (κ3) is 4.86. The maximum atomic E-state index is 2.44. The molecule has 0 N–H and O–H groups in total. The van der Waals surface area contributed by atoms with Gasteiger partial charge in [0.2, 0.25) is 0 Å². The van der Waals surface area contributed by atoms with E-state index < -0.39 is 0 Å². The molecule has 0 fully saturated rings. The Kier molecular flexibility index (Phi) is 7.06. The van der Waals surface area contributed by atoms with Gasteiger partial charge in [-0.2, -0.15) is 0 Å². The van der Waals surface area contributed by atoms with E-state index in [1.54, 1.807) is 0 Å². The molecule has 0 heterocycles. The number of hydrogen-bond acceptors (Lipinski definition) is 0. The van der Waals surface area contributed by atoms with Crippen LogP contribution in [-0.4, -0.2) is 0 Å². The summed E-state index contributed by atoms with van der Waals surface area (Å²) in [5.74, 6) is 0. The predicted octanol–water partition coefficient (Wildman–Crippen LogP) is 13.5. The van der Waals surface area contributed by atoms with Crippen LogP contribution in [-0.2, 0) is 0 Å². The lowest BCUT2D eigenvalue weighted by Crippen LogP contribution is -1.99. The second-order valence-electron chi connectivity index (χ2n) is 12.7. The van der Waals surface area contributed by atoms with Crippen LogP contribution in [0.25, 0.3) is 82.4 Å². The van der Waals surface area contributed by atoms with E-state index in [-0.39, 0.29) is 0 Å². The molecule has 0 radical (unpaired) electrons. The summed E-state index contributed by atoms with van der Waals surface area (Å²) in [5.41, 5.74) is 12.6. The molecule has 0 atom stereocenters. The minimum atomic E-state index is 1.04. The molecule has 8 aromatic carbocycles. The number of benzene rings is 8. The highest BCUT2D eigenvalue weighted by Crippen LogP contribution is 2.49. The first-order valence-electron chi connectivity index (χ1n) is 16.9. The fraction of sp³-hybridized carbons (Fsp3) is 0.0417. The summed E-state index contributed by atoms with van der Waals surface area (Å²) in [7, 11) is 0. The summed E-state index contributed by atoms with van der Waals surface area (Å²) in [6.07, 6.45) is 9.22. The highest BCUT2D eigenvalue weighted by atomic mass is 14.3. The lowest BCUT2D eigenvalue weighted by molar-refractivity contribution is 1.04. The van der Waals surface area contributed by atoms with Gasteiger partial charge in [0.25, 0.3) is 0 Å². The van der Waals surface area contributed by atoms with Crippen molar-refractivity contribution in [3.63, 3.8) is 0 Å². The smallest absolute Gasteiger partial charge is 0.00139 e. The minimum absolute atomic E-state index is 1.04. The van der Waals surface area contributed by atoms with Crippen LogP contribution >= 0.6 is 0 Å². The van der Waals surface area contributed by atoms with Gasteiger partial charge in [0.15, 0.2) is 0 Å². The minimum Gasteiger partial charge on any atom is -0.0836 e. The van der Waals surface area contributed by atoms with E-state index in [0.29, 0.717) is 0 Å². The van der Waals surface area contributed by atoms with E-state index in [2.05, 4.69) is 182 Å². The van der Waals surface area contributed by atoms with E-state index in [4.69, 9.17) is 0 Å². The highest BCUT2D eigenvalue weighted by molar-refractivity contribution is 6.24. The molecular weight excluding hydrogens is 577 g/mol. The number of allylic oxidation sites excluding steroid dienone is 4. The van der Waals surface area contributed by atoms with Gasteiger partial charge in [-0.05, 0) is 125 Å². The molecule has 0 bridgehead atoms. The van der Waals surface area contributed by atoms with E-state index >= 15 is 0 Å². The molecule has 0 aromatic heterocycles. The van der Waals surface area contributed by atoms with E-state index in [1.165, 1.54) is 88.0 Å². The van der Waals surface area contributed by atoms with Crippen molar-refractivity contribution in [3.8, 4) is 44.5 Å². The Morgan fingerprint density at radius 1 is 0.333 bits per heavy atom. The van der Waals surface area contributed by atoms with Crippen LogP contribution in [0.1, 0.15) is 18.4 Å². The van der Waals surface area contributed by atoms with Gasteiger partial charge in [-0.25, -0.2) is 0 Å². The van der Waals surface area contributed by atoms with E-state index in [1.807, 2.05) is 0 Å². The van der Waals surface area contributed by atoms with Crippen LogP contribution in [0, 0.1) is 0 Å². The third-order valence-electron chi connectivity index (χ3n) is 9.84. The van der Waals surface area contributed by atoms with Crippen molar-refractivity contribution in [3.05, 3.63) is 188 Å². The SMILES string of the molecule is C1=CC(c2cc(-c3ccccc3)cc(-c3ccccc3)c2-c2c3ccccc3cc3c(-c4ccccc4)c4ccccc4cc23)=CCC1. The summed E-state index contributed by atoms with van der Waals surface area (Å²) in [4.78, 5) is 0. The molecule has 9 rings (SSSR count). The molecule has 1 aliphatic rings. The van der Waals surface area contributed by atoms with Crippen molar-refractivity contribution in [2.45, 2.75) is 12.8 Å². The second-order valence-corrected chi connectivity index (χ2v) is 12.7. The van der Waals surface area contributed by atoms with Gasteiger partial charge in [-0.15, -0.1) is 0 Å². The monoisotopic (exact) mass is 610 g/mol. The summed E-state index contributed by atoms with van der Waals surface area (Å²) < 4.78 is 0. The molecule has 0 unspecified atom stereocenters. The number of fused-ring (bicyclic) bond motifs is 3. The first-order valence-corrected chi connectivity index (χ1v) is 16.9. The molecule has 0 aliphatic heterocycles. The van der Waals surface area contributed by atoms with Gasteiger partial charge in [0, 0.05) is 0 Å². The normalized spacial score (nSPS) is 12.9. The molecule has 226 valence electrons. The van der Waals surface area contributed by atoms with Crippen LogP contribution in [0.2, 0.25) is 0 Å². The summed E-state index contributed by atoms with van der Waals surface area (Å²) in [6.45, 7) is 0. The van der Waals surface area contributed by atoms with Crippen molar-refractivity contribution in [1.29, 1.82) is 0 Å². The molecule has 0 saturated carbocycles. The van der Waals surface area contributed by atoms with Crippen molar-refractivity contribution < 1.29 is 0 Å². The molecular formula is C48H34. The Hall–Kier alpha value is -5.98. The first-order chi connectivity index (χ1) is 23.8. The molecule has 0 saturated heterocycles. The van der Waals surface area contributed by atoms with Gasteiger partial charge >= 0.3 is 0 Å². The van der Waals surface area contributed by atoms with Crippen LogP contribution in [0.3, 0.4) is 0 Å². The quantitative estimate of drug-likeness (QED) is 0.170. The average Bonchev–Trinajstić information content (AvgIpc) is 3.17. The molecule has 0 spiro atoms. The Morgan fingerprint density at radius 2 is 0.854 bits per heavy atom. The van der Waals surface area contributed by atoms with Gasteiger partial charge in [0.1, 0.15) is 0 Å². The summed E-state index contributed by atoms with van der Waals surface area (Å²) in [6, 6.07) is 60.3. The maximum Gasteiger partial charge on any atom is -0.00139 e. The largest absolute Gasteiger partial charge is 0.0836 e. The maximum absolute atomic E-state index is 2.44. The Bertz CT molecular complexity index is 2520. The fourth-order valence-corrected chi connectivity index (χ4v) is 7.65. The molecule has 0 nitrogen and oxygen atoms in total. The predicted molar refractivity (Wildman–Crippen MR) is 207 cm³/mol. The van der Waals surface area contributed by atoms with E-state index in [9.17, 15) is 0 Å². The number of rotatable bonds is 5. The zero-order valence-electron chi connectivity index (χ0n) is 26.7. The van der Waals surface area contributed by atoms with Crippen LogP contribution in [0.4, 0.5) is 0 Å². The molecule has 0 amide bonds. The Balaban J connectivity index is 1.51. The van der Waals surface area contributed by atoms with Crippen LogP contribution < -0.4 is 0 Å². The van der Waals surface area contributed by atoms with Crippen molar-refractivity contribution in [2.75, 3.05) is 0 Å². The average molecular weight is 611 g/mol. The van der Waals surface area contributed by atoms with Gasteiger partial charge in [-0.1, -0.05) is 158 Å². The lowest BCUT2D eigenvalue weighted by Gasteiger charge is -2.24. The van der Waals surface area contributed by atoms with Crippen LogP contribution in [0.15, 0.2) is 182 Å². The van der Waals surface area contributed by atoms with Crippen molar-refractivity contribution >= 4 is 37.9 Å². The van der Waals surface area contributed by atoms with Gasteiger partial charge < -0.3 is 0 Å². The first kappa shape index (κ1) is 28.3. The molecule has 1 aliphatic carbocycles. The second kappa shape index (κ2) is 12.0. The highest BCUT2D eigenvalue weighted by Gasteiger charge is 2.23. The zero-order chi connectivity index (χ0) is 31.9. The van der Waals surface area contributed by atoms with Gasteiger partial charge in [-0.3, -0.25) is 0 Å². The molecule has 48 heavy (non-hydrogen) atoms. The molecule has 8 aromatic rings.